The summed E-state index contributed by atoms with van der Waals surface area (Å²) in [5.74, 6) is -0.705. The topological polar surface area (TPSA) is 86.8 Å². The molecule has 0 radical (unpaired) electrons. The first-order valence-electron chi connectivity index (χ1n) is 11.6. The van der Waals surface area contributed by atoms with Gasteiger partial charge >= 0.3 is 0 Å². The number of likely N-dealkylation sites (tertiary alicyclic amines) is 1. The van der Waals surface area contributed by atoms with Crippen molar-refractivity contribution in [2.75, 3.05) is 13.1 Å². The lowest BCUT2D eigenvalue weighted by Gasteiger charge is -2.27. The molecular formula is C26H25N3O4. The van der Waals surface area contributed by atoms with Gasteiger partial charge < -0.3 is 0 Å². The summed E-state index contributed by atoms with van der Waals surface area (Å²) in [6, 6.07) is 13.3. The molecule has 3 unspecified atom stereocenters. The number of piperidine rings is 1. The Morgan fingerprint density at radius 1 is 0.848 bits per heavy atom. The number of amides is 4. The summed E-state index contributed by atoms with van der Waals surface area (Å²) in [6.45, 7) is 3.01. The van der Waals surface area contributed by atoms with E-state index >= 15 is 0 Å². The number of nitrogens with zero attached hydrogens (tertiary/aromatic N) is 2. The highest BCUT2D eigenvalue weighted by Crippen LogP contribution is 2.39. The van der Waals surface area contributed by atoms with Crippen molar-refractivity contribution in [1.29, 1.82) is 0 Å². The van der Waals surface area contributed by atoms with E-state index in [1.165, 1.54) is 5.56 Å². The van der Waals surface area contributed by atoms with Crippen LogP contribution in [0.25, 0.3) is 0 Å². The van der Waals surface area contributed by atoms with Gasteiger partial charge in [0.2, 0.25) is 11.8 Å². The minimum Gasteiger partial charge on any atom is -0.298 e. The lowest BCUT2D eigenvalue weighted by atomic mass is 9.77. The molecule has 3 heterocycles. The average molecular weight is 444 g/mol. The number of carbonyl (C=O) groups is 4. The smallest absolute Gasteiger partial charge is 0.262 e. The van der Waals surface area contributed by atoms with Crippen molar-refractivity contribution in [2.45, 2.75) is 38.3 Å². The van der Waals surface area contributed by atoms with E-state index in [2.05, 4.69) is 34.5 Å². The number of fused-ring (bicyclic) bond motifs is 3. The Bertz CT molecular complexity index is 1140. The van der Waals surface area contributed by atoms with E-state index in [9.17, 15) is 19.2 Å². The summed E-state index contributed by atoms with van der Waals surface area (Å²) >= 11 is 0. The van der Waals surface area contributed by atoms with Crippen molar-refractivity contribution >= 4 is 23.6 Å². The summed E-state index contributed by atoms with van der Waals surface area (Å²) in [5.41, 5.74) is 4.38. The Labute approximate surface area is 191 Å². The van der Waals surface area contributed by atoms with E-state index in [1.54, 1.807) is 0 Å². The molecular weight excluding hydrogens is 418 g/mol. The van der Waals surface area contributed by atoms with E-state index in [-0.39, 0.29) is 18.7 Å². The fraction of sp³-hybridized carbons (Fsp3) is 0.385. The normalized spacial score (nSPS) is 26.8. The molecule has 2 saturated heterocycles. The van der Waals surface area contributed by atoms with Crippen LogP contribution in [0.3, 0.4) is 0 Å². The molecule has 168 valence electrons. The Kier molecular flexibility index (Phi) is 4.69. The number of rotatable bonds is 3. The van der Waals surface area contributed by atoms with Gasteiger partial charge in [0.05, 0.1) is 11.1 Å². The Balaban J connectivity index is 1.22. The van der Waals surface area contributed by atoms with Crippen LogP contribution < -0.4 is 5.32 Å². The van der Waals surface area contributed by atoms with Gasteiger partial charge in [-0.15, -0.1) is 0 Å². The molecule has 0 bridgehead atoms. The summed E-state index contributed by atoms with van der Waals surface area (Å²) in [4.78, 5) is 53.6. The van der Waals surface area contributed by atoms with Crippen molar-refractivity contribution in [3.8, 4) is 0 Å². The van der Waals surface area contributed by atoms with Gasteiger partial charge in [-0.3, -0.25) is 34.3 Å². The van der Waals surface area contributed by atoms with Crippen molar-refractivity contribution < 1.29 is 19.2 Å². The van der Waals surface area contributed by atoms with Crippen LogP contribution in [0.1, 0.15) is 50.2 Å². The quantitative estimate of drug-likeness (QED) is 0.733. The maximum absolute atomic E-state index is 13.1. The molecule has 2 aromatic rings. The zero-order chi connectivity index (χ0) is 22.7. The van der Waals surface area contributed by atoms with Gasteiger partial charge in [-0.25, -0.2) is 0 Å². The van der Waals surface area contributed by atoms with Crippen molar-refractivity contribution in [3.05, 3.63) is 70.3 Å². The summed E-state index contributed by atoms with van der Waals surface area (Å²) in [5, 5.41) is 2.25. The molecule has 1 aliphatic carbocycles. The van der Waals surface area contributed by atoms with E-state index in [0.29, 0.717) is 23.0 Å². The third kappa shape index (κ3) is 3.38. The molecule has 4 aliphatic rings. The maximum atomic E-state index is 13.1. The fourth-order valence-electron chi connectivity index (χ4n) is 6.02. The van der Waals surface area contributed by atoms with Crippen LogP contribution in [0.15, 0.2) is 42.5 Å². The standard InChI is InChI=1S/C26H25N3O4/c30-23-7-6-22(24(31)27-23)29-25(32)20-10-16-8-18-13-28(12-15-4-2-1-3-5-15)14-19(18)9-17(16)11-21(20)26(29)33/h1-5,10-11,18-19,22H,6-9,12-14H2,(H,27,30,31). The van der Waals surface area contributed by atoms with E-state index in [1.807, 2.05) is 18.2 Å². The zero-order valence-corrected chi connectivity index (χ0v) is 18.3. The van der Waals surface area contributed by atoms with Crippen LogP contribution in [0.5, 0.6) is 0 Å². The molecule has 3 atom stereocenters. The number of carbonyl (C=O) groups excluding carboxylic acids is 4. The number of nitrogens with one attached hydrogen (secondary N) is 1. The largest absolute Gasteiger partial charge is 0.298 e. The molecule has 0 saturated carbocycles. The van der Waals surface area contributed by atoms with Gasteiger partial charge in [0.15, 0.2) is 0 Å². The Morgan fingerprint density at radius 2 is 1.45 bits per heavy atom. The van der Waals surface area contributed by atoms with Crippen LogP contribution in [-0.2, 0) is 29.0 Å². The Hall–Kier alpha value is -3.32. The summed E-state index contributed by atoms with van der Waals surface area (Å²) in [7, 11) is 0. The van der Waals surface area contributed by atoms with Crippen molar-refractivity contribution in [2.24, 2.45) is 11.8 Å². The van der Waals surface area contributed by atoms with E-state index in [4.69, 9.17) is 0 Å². The highest BCUT2D eigenvalue weighted by atomic mass is 16.2. The molecule has 6 rings (SSSR count). The lowest BCUT2D eigenvalue weighted by molar-refractivity contribution is -0.136. The first-order valence-corrected chi connectivity index (χ1v) is 11.6. The molecule has 0 aromatic heterocycles. The molecule has 3 aliphatic heterocycles. The molecule has 7 nitrogen and oxygen atoms in total. The SMILES string of the molecule is O=C1CCC(N2C(=O)c3cc4c(cc3C2=O)CC2CN(Cc3ccccc3)CC2C4)C(=O)N1. The molecule has 4 amide bonds. The number of hydrogen-bond donors (Lipinski definition) is 1. The van der Waals surface area contributed by atoms with Crippen LogP contribution in [0.4, 0.5) is 0 Å². The predicted molar refractivity (Wildman–Crippen MR) is 119 cm³/mol. The minimum absolute atomic E-state index is 0.128. The number of hydrogen-bond acceptors (Lipinski definition) is 5. The third-order valence-electron chi connectivity index (χ3n) is 7.63. The first-order chi connectivity index (χ1) is 16.0. The zero-order valence-electron chi connectivity index (χ0n) is 18.3. The van der Waals surface area contributed by atoms with E-state index < -0.39 is 23.8 Å². The van der Waals surface area contributed by atoms with E-state index in [0.717, 1.165) is 48.5 Å². The molecule has 2 fully saturated rings. The van der Waals surface area contributed by atoms with Gasteiger partial charge in [-0.05, 0) is 59.9 Å². The van der Waals surface area contributed by atoms with Crippen LogP contribution in [0, 0.1) is 11.8 Å². The lowest BCUT2D eigenvalue weighted by Crippen LogP contribution is -2.54. The second-order valence-electron chi connectivity index (χ2n) is 9.72. The molecule has 0 spiro atoms. The average Bonchev–Trinajstić information content (AvgIpc) is 3.29. The molecule has 1 N–H and O–H groups in total. The number of imide groups is 2. The second-order valence-corrected chi connectivity index (χ2v) is 9.72. The Morgan fingerprint density at radius 3 is 2.03 bits per heavy atom. The van der Waals surface area contributed by atoms with Crippen molar-refractivity contribution in [3.63, 3.8) is 0 Å². The monoisotopic (exact) mass is 443 g/mol. The van der Waals surface area contributed by atoms with Gasteiger partial charge in [0.1, 0.15) is 6.04 Å². The molecule has 7 heteroatoms. The van der Waals surface area contributed by atoms with Crippen LogP contribution in [0.2, 0.25) is 0 Å². The second kappa shape index (κ2) is 7.63. The van der Waals surface area contributed by atoms with Gasteiger partial charge in [0.25, 0.3) is 11.8 Å². The van der Waals surface area contributed by atoms with Gasteiger partial charge in [-0.1, -0.05) is 30.3 Å². The third-order valence-corrected chi connectivity index (χ3v) is 7.63. The van der Waals surface area contributed by atoms with Crippen LogP contribution in [-0.4, -0.2) is 52.6 Å². The maximum Gasteiger partial charge on any atom is 0.262 e. The van der Waals surface area contributed by atoms with Crippen molar-refractivity contribution in [1.82, 2.24) is 15.1 Å². The fourth-order valence-corrected chi connectivity index (χ4v) is 6.02. The highest BCUT2D eigenvalue weighted by Gasteiger charge is 2.46. The summed E-state index contributed by atoms with van der Waals surface area (Å²) < 4.78 is 0. The first kappa shape index (κ1) is 20.3. The number of benzene rings is 2. The van der Waals surface area contributed by atoms with Crippen LogP contribution >= 0.6 is 0 Å². The minimum atomic E-state index is -0.918. The van der Waals surface area contributed by atoms with Gasteiger partial charge in [0, 0.05) is 26.1 Å². The predicted octanol–water partition coefficient (Wildman–Crippen LogP) is 1.93. The molecule has 2 aromatic carbocycles. The van der Waals surface area contributed by atoms with Gasteiger partial charge in [-0.2, -0.15) is 0 Å². The molecule has 33 heavy (non-hydrogen) atoms. The summed E-state index contributed by atoms with van der Waals surface area (Å²) in [6.07, 6.45) is 2.11. The highest BCUT2D eigenvalue weighted by molar-refractivity contribution is 6.23.